The van der Waals surface area contributed by atoms with Crippen LogP contribution in [0.3, 0.4) is 0 Å². The van der Waals surface area contributed by atoms with E-state index in [1.807, 2.05) is 19.9 Å². The van der Waals surface area contributed by atoms with E-state index in [1.54, 1.807) is 13.8 Å². The molecule has 0 fully saturated rings. The van der Waals surface area contributed by atoms with Gasteiger partial charge in [0, 0.05) is 5.02 Å². The van der Waals surface area contributed by atoms with Crippen LogP contribution in [-0.2, 0) is 11.2 Å². The van der Waals surface area contributed by atoms with Crippen LogP contribution in [0.1, 0.15) is 37.0 Å². The predicted octanol–water partition coefficient (Wildman–Crippen LogP) is 4.00. The highest BCUT2D eigenvalue weighted by Gasteiger charge is 2.26. The van der Waals surface area contributed by atoms with E-state index in [2.05, 4.69) is 6.07 Å². The van der Waals surface area contributed by atoms with Gasteiger partial charge in [0.2, 0.25) is 0 Å². The standard InChI is InChI=1S/C14H19ClO2/c1-9-8-12(15)10(2)7-11(9)5-6-14(3,4)13(16)17/h7-8H,5-6H2,1-4H3,(H,16,17). The summed E-state index contributed by atoms with van der Waals surface area (Å²) in [6.07, 6.45) is 1.40. The van der Waals surface area contributed by atoms with Crippen LogP contribution in [-0.4, -0.2) is 11.1 Å². The van der Waals surface area contributed by atoms with Crippen molar-refractivity contribution in [3.05, 3.63) is 33.8 Å². The second-order valence-electron chi connectivity index (χ2n) is 5.22. The zero-order valence-electron chi connectivity index (χ0n) is 10.8. The Morgan fingerprint density at radius 1 is 1.29 bits per heavy atom. The van der Waals surface area contributed by atoms with Gasteiger partial charge in [-0.05, 0) is 63.3 Å². The highest BCUT2D eigenvalue weighted by atomic mass is 35.5. The number of carboxylic acids is 1. The van der Waals surface area contributed by atoms with Gasteiger partial charge in [0.1, 0.15) is 0 Å². The van der Waals surface area contributed by atoms with Crippen LogP contribution in [0, 0.1) is 19.3 Å². The van der Waals surface area contributed by atoms with Gasteiger partial charge in [-0.15, -0.1) is 0 Å². The van der Waals surface area contributed by atoms with Crippen molar-refractivity contribution in [1.82, 2.24) is 0 Å². The Bertz CT molecular complexity index is 436. The Hall–Kier alpha value is -1.02. The summed E-state index contributed by atoms with van der Waals surface area (Å²) in [5.74, 6) is -0.749. The molecule has 0 heterocycles. The smallest absolute Gasteiger partial charge is 0.309 e. The average Bonchev–Trinajstić information content (AvgIpc) is 2.21. The number of carbonyl (C=O) groups is 1. The molecule has 0 amide bonds. The van der Waals surface area contributed by atoms with Crippen LogP contribution in [0.25, 0.3) is 0 Å². The topological polar surface area (TPSA) is 37.3 Å². The Balaban J connectivity index is 2.83. The second-order valence-corrected chi connectivity index (χ2v) is 5.62. The lowest BCUT2D eigenvalue weighted by Crippen LogP contribution is -2.24. The number of benzene rings is 1. The Morgan fingerprint density at radius 3 is 2.41 bits per heavy atom. The number of aliphatic carboxylic acids is 1. The minimum Gasteiger partial charge on any atom is -0.481 e. The molecule has 0 atom stereocenters. The average molecular weight is 255 g/mol. The molecule has 17 heavy (non-hydrogen) atoms. The fourth-order valence-corrected chi connectivity index (χ4v) is 1.88. The highest BCUT2D eigenvalue weighted by molar-refractivity contribution is 6.31. The summed E-state index contributed by atoms with van der Waals surface area (Å²) in [5, 5.41) is 9.83. The summed E-state index contributed by atoms with van der Waals surface area (Å²) >= 11 is 6.03. The molecule has 0 aromatic heterocycles. The van der Waals surface area contributed by atoms with Crippen LogP contribution in [0.15, 0.2) is 12.1 Å². The first-order chi connectivity index (χ1) is 7.74. The maximum absolute atomic E-state index is 11.0. The molecule has 0 radical (unpaired) electrons. The fourth-order valence-electron chi connectivity index (χ4n) is 1.66. The zero-order valence-corrected chi connectivity index (χ0v) is 11.6. The van der Waals surface area contributed by atoms with E-state index in [-0.39, 0.29) is 0 Å². The van der Waals surface area contributed by atoms with Gasteiger partial charge >= 0.3 is 5.97 Å². The van der Waals surface area contributed by atoms with E-state index in [4.69, 9.17) is 16.7 Å². The van der Waals surface area contributed by atoms with Crippen molar-refractivity contribution in [2.45, 2.75) is 40.5 Å². The van der Waals surface area contributed by atoms with Crippen LogP contribution >= 0.6 is 11.6 Å². The maximum atomic E-state index is 11.0. The quantitative estimate of drug-likeness (QED) is 0.882. The van der Waals surface area contributed by atoms with Gasteiger partial charge in [-0.3, -0.25) is 4.79 Å². The molecule has 1 rings (SSSR count). The third kappa shape index (κ3) is 3.47. The molecule has 0 aliphatic rings. The van der Waals surface area contributed by atoms with Crippen LogP contribution in [0.5, 0.6) is 0 Å². The van der Waals surface area contributed by atoms with E-state index in [0.717, 1.165) is 22.6 Å². The molecular weight excluding hydrogens is 236 g/mol. The minimum atomic E-state index is -0.749. The molecule has 0 bridgehead atoms. The first-order valence-electron chi connectivity index (χ1n) is 5.73. The van der Waals surface area contributed by atoms with Crippen molar-refractivity contribution in [2.24, 2.45) is 5.41 Å². The molecule has 1 aromatic rings. The van der Waals surface area contributed by atoms with Crippen molar-refractivity contribution in [3.8, 4) is 0 Å². The van der Waals surface area contributed by atoms with Crippen LogP contribution < -0.4 is 0 Å². The molecule has 0 spiro atoms. The number of halogens is 1. The minimum absolute atomic E-state index is 0.629. The van der Waals surface area contributed by atoms with Crippen LogP contribution in [0.4, 0.5) is 0 Å². The first kappa shape index (κ1) is 14.0. The van der Waals surface area contributed by atoms with Crippen molar-refractivity contribution in [1.29, 1.82) is 0 Å². The molecule has 0 aliphatic heterocycles. The monoisotopic (exact) mass is 254 g/mol. The molecule has 0 unspecified atom stereocenters. The summed E-state index contributed by atoms with van der Waals surface area (Å²) in [4.78, 5) is 11.0. The summed E-state index contributed by atoms with van der Waals surface area (Å²) < 4.78 is 0. The molecule has 3 heteroatoms. The molecule has 94 valence electrons. The normalized spacial score (nSPS) is 11.6. The zero-order chi connectivity index (χ0) is 13.2. The molecule has 0 saturated heterocycles. The molecule has 0 aliphatic carbocycles. The van der Waals surface area contributed by atoms with Crippen LogP contribution in [0.2, 0.25) is 5.02 Å². The van der Waals surface area contributed by atoms with Gasteiger partial charge in [-0.2, -0.15) is 0 Å². The van der Waals surface area contributed by atoms with Gasteiger partial charge in [0.05, 0.1) is 5.41 Å². The van der Waals surface area contributed by atoms with Gasteiger partial charge in [0.15, 0.2) is 0 Å². The lowest BCUT2D eigenvalue weighted by Gasteiger charge is -2.19. The molecule has 0 saturated carbocycles. The first-order valence-corrected chi connectivity index (χ1v) is 6.11. The van der Waals surface area contributed by atoms with Gasteiger partial charge in [-0.1, -0.05) is 17.7 Å². The lowest BCUT2D eigenvalue weighted by molar-refractivity contribution is -0.147. The van der Waals surface area contributed by atoms with Crippen molar-refractivity contribution in [3.63, 3.8) is 0 Å². The van der Waals surface area contributed by atoms with E-state index >= 15 is 0 Å². The molecule has 1 aromatic carbocycles. The maximum Gasteiger partial charge on any atom is 0.309 e. The summed E-state index contributed by atoms with van der Waals surface area (Å²) in [6, 6.07) is 4.00. The van der Waals surface area contributed by atoms with Gasteiger partial charge < -0.3 is 5.11 Å². The Labute approximate surface area is 108 Å². The number of aryl methyl sites for hydroxylation is 3. The van der Waals surface area contributed by atoms with E-state index < -0.39 is 11.4 Å². The molecule has 1 N–H and O–H groups in total. The Kier molecular flexibility index (Phi) is 4.21. The number of hydrogen-bond acceptors (Lipinski definition) is 1. The summed E-state index contributed by atoms with van der Waals surface area (Å²) in [7, 11) is 0. The predicted molar refractivity (Wildman–Crippen MR) is 70.7 cm³/mol. The fraction of sp³-hybridized carbons (Fsp3) is 0.500. The SMILES string of the molecule is Cc1cc(CCC(C)(C)C(=O)O)c(C)cc1Cl. The largest absolute Gasteiger partial charge is 0.481 e. The number of hydrogen-bond donors (Lipinski definition) is 1. The highest BCUT2D eigenvalue weighted by Crippen LogP contribution is 2.26. The van der Waals surface area contributed by atoms with E-state index in [0.29, 0.717) is 6.42 Å². The molecule has 2 nitrogen and oxygen atoms in total. The van der Waals surface area contributed by atoms with Gasteiger partial charge in [0.25, 0.3) is 0 Å². The second kappa shape index (κ2) is 5.09. The number of carboxylic acid groups (broad SMARTS) is 1. The summed E-state index contributed by atoms with van der Waals surface area (Å²) in [5.41, 5.74) is 2.67. The third-order valence-electron chi connectivity index (χ3n) is 3.22. The van der Waals surface area contributed by atoms with Crippen molar-refractivity contribution in [2.75, 3.05) is 0 Å². The number of rotatable bonds is 4. The van der Waals surface area contributed by atoms with E-state index in [9.17, 15) is 4.79 Å². The Morgan fingerprint density at radius 2 is 1.88 bits per heavy atom. The van der Waals surface area contributed by atoms with Crippen molar-refractivity contribution < 1.29 is 9.90 Å². The lowest BCUT2D eigenvalue weighted by atomic mass is 9.85. The summed E-state index contributed by atoms with van der Waals surface area (Å²) in [6.45, 7) is 7.49. The van der Waals surface area contributed by atoms with Gasteiger partial charge in [-0.25, -0.2) is 0 Å². The van der Waals surface area contributed by atoms with Crippen molar-refractivity contribution >= 4 is 17.6 Å². The molecular formula is C14H19ClO2. The third-order valence-corrected chi connectivity index (χ3v) is 3.62. The van der Waals surface area contributed by atoms with E-state index in [1.165, 1.54) is 5.56 Å².